The van der Waals surface area contributed by atoms with Gasteiger partial charge in [-0.25, -0.2) is 0 Å². The highest BCUT2D eigenvalue weighted by molar-refractivity contribution is 5.66. The van der Waals surface area contributed by atoms with Crippen LogP contribution in [0.4, 0.5) is 0 Å². The molecule has 5 heteroatoms. The Morgan fingerprint density at radius 1 is 1.26 bits per heavy atom. The van der Waals surface area contributed by atoms with Crippen molar-refractivity contribution >= 4 is 6.08 Å². The molecular formula is C14H29N2O3+. The first-order valence-electron chi connectivity index (χ1n) is 7.08. The highest BCUT2D eigenvalue weighted by Gasteiger charge is 2.31. The first kappa shape index (κ1) is 16.1. The van der Waals surface area contributed by atoms with Gasteiger partial charge >= 0.3 is 6.08 Å². The van der Waals surface area contributed by atoms with E-state index in [9.17, 15) is 0 Å². The fourth-order valence-electron chi connectivity index (χ4n) is 2.35. The Balaban J connectivity index is 2.64. The minimum atomic E-state index is -0.344. The highest BCUT2D eigenvalue weighted by Crippen LogP contribution is 2.21. The van der Waals surface area contributed by atoms with Crippen molar-refractivity contribution in [3.63, 3.8) is 0 Å². The molecule has 1 fully saturated rings. The number of hydrogen-bond acceptors (Lipinski definition) is 4. The van der Waals surface area contributed by atoms with Gasteiger partial charge in [0.15, 0.2) is 0 Å². The third-order valence-corrected chi connectivity index (χ3v) is 3.16. The van der Waals surface area contributed by atoms with Gasteiger partial charge in [-0.05, 0) is 33.6 Å². The predicted molar refractivity (Wildman–Crippen MR) is 75.3 cm³/mol. The number of methoxy groups -OCH3 is 1. The van der Waals surface area contributed by atoms with Gasteiger partial charge in [0.1, 0.15) is 25.7 Å². The molecule has 0 aromatic heterocycles. The van der Waals surface area contributed by atoms with Crippen LogP contribution in [0, 0.1) is 5.92 Å². The second-order valence-corrected chi connectivity index (χ2v) is 6.66. The Labute approximate surface area is 117 Å². The molecule has 0 aromatic carbocycles. The summed E-state index contributed by atoms with van der Waals surface area (Å²) < 4.78 is 11.2. The van der Waals surface area contributed by atoms with Gasteiger partial charge in [-0.3, -0.25) is 0 Å². The van der Waals surface area contributed by atoms with E-state index in [0.29, 0.717) is 10.6 Å². The molecule has 1 rings (SSSR count). The van der Waals surface area contributed by atoms with Crippen LogP contribution in [-0.4, -0.2) is 43.6 Å². The third kappa shape index (κ3) is 6.14. The average molecular weight is 273 g/mol. The van der Waals surface area contributed by atoms with Crippen LogP contribution in [0.2, 0.25) is 0 Å². The molecule has 0 amide bonds. The number of rotatable bonds is 2. The third-order valence-electron chi connectivity index (χ3n) is 3.16. The maximum Gasteiger partial charge on any atom is 0.428 e. The monoisotopic (exact) mass is 273 g/mol. The van der Waals surface area contributed by atoms with Gasteiger partial charge in [0.2, 0.25) is 0 Å². The normalized spacial score (nSPS) is 29.6. The Morgan fingerprint density at radius 2 is 1.95 bits per heavy atom. The number of oxime groups is 1. The lowest BCUT2D eigenvalue weighted by molar-refractivity contribution is -1.09. The van der Waals surface area contributed by atoms with Gasteiger partial charge in [0.25, 0.3) is 0 Å². The van der Waals surface area contributed by atoms with E-state index in [-0.39, 0.29) is 11.7 Å². The molecule has 0 radical (unpaired) electrons. The Morgan fingerprint density at radius 3 is 2.53 bits per heavy atom. The Hall–Kier alpha value is -0.970. The van der Waals surface area contributed by atoms with Crippen LogP contribution in [0.25, 0.3) is 0 Å². The number of ether oxygens (including phenoxy) is 2. The fraction of sp³-hybridized carbons (Fsp3) is 0.929. The Bertz CT molecular complexity index is 312. The molecule has 0 aromatic rings. The molecule has 0 N–H and O–H groups in total. The first-order valence-corrected chi connectivity index (χ1v) is 7.08. The van der Waals surface area contributed by atoms with Crippen molar-refractivity contribution in [2.75, 3.05) is 27.2 Å². The summed E-state index contributed by atoms with van der Waals surface area (Å²) in [4.78, 5) is 5.70. The van der Waals surface area contributed by atoms with Crippen molar-refractivity contribution in [1.29, 1.82) is 0 Å². The molecule has 2 unspecified atom stereocenters. The second kappa shape index (κ2) is 6.46. The van der Waals surface area contributed by atoms with Gasteiger partial charge in [-0.1, -0.05) is 6.92 Å². The van der Waals surface area contributed by atoms with Gasteiger partial charge in [-0.15, -0.1) is 4.65 Å². The van der Waals surface area contributed by atoms with E-state index in [1.807, 2.05) is 20.8 Å². The SMILES string of the molecule is COC(=NO[N+]1(C)CCCCC(C)C1)OC(C)(C)C. The van der Waals surface area contributed by atoms with Gasteiger partial charge < -0.3 is 9.47 Å². The zero-order chi connectivity index (χ0) is 14.5. The van der Waals surface area contributed by atoms with Crippen LogP contribution >= 0.6 is 0 Å². The van der Waals surface area contributed by atoms with E-state index in [1.54, 1.807) is 7.11 Å². The van der Waals surface area contributed by atoms with Crippen molar-refractivity contribution in [2.24, 2.45) is 11.1 Å². The molecule has 0 saturated carbocycles. The predicted octanol–water partition coefficient (Wildman–Crippen LogP) is 2.92. The average Bonchev–Trinajstić information content (AvgIpc) is 2.45. The van der Waals surface area contributed by atoms with Crippen LogP contribution in [0.1, 0.15) is 47.0 Å². The number of likely N-dealkylation sites (tertiary alicyclic amines) is 1. The lowest BCUT2D eigenvalue weighted by Crippen LogP contribution is -2.45. The van der Waals surface area contributed by atoms with Crippen molar-refractivity contribution in [3.8, 4) is 0 Å². The number of hydroxylamine groups is 3. The molecule has 1 aliphatic heterocycles. The molecule has 0 aliphatic carbocycles. The number of hydrogen-bond donors (Lipinski definition) is 0. The quantitative estimate of drug-likeness (QED) is 0.336. The first-order chi connectivity index (χ1) is 8.74. The van der Waals surface area contributed by atoms with E-state index in [4.69, 9.17) is 14.4 Å². The van der Waals surface area contributed by atoms with E-state index >= 15 is 0 Å². The number of quaternary nitrogens is 1. The second-order valence-electron chi connectivity index (χ2n) is 6.66. The molecule has 0 spiro atoms. The van der Waals surface area contributed by atoms with Crippen LogP contribution in [-0.2, 0) is 14.4 Å². The molecule has 112 valence electrons. The maximum absolute atomic E-state index is 5.70. The van der Waals surface area contributed by atoms with Crippen LogP contribution in [0.3, 0.4) is 0 Å². The molecule has 1 aliphatic rings. The molecular weight excluding hydrogens is 244 g/mol. The summed E-state index contributed by atoms with van der Waals surface area (Å²) in [5, 5.41) is 4.04. The molecule has 2 atom stereocenters. The lowest BCUT2D eigenvalue weighted by Gasteiger charge is -2.28. The minimum Gasteiger partial charge on any atom is -0.452 e. The van der Waals surface area contributed by atoms with Crippen molar-refractivity contribution in [1.82, 2.24) is 0 Å². The van der Waals surface area contributed by atoms with Gasteiger partial charge in [-0.2, -0.15) is 4.94 Å². The molecule has 1 saturated heterocycles. The van der Waals surface area contributed by atoms with Gasteiger partial charge in [0.05, 0.1) is 12.3 Å². The maximum atomic E-state index is 5.70. The minimum absolute atomic E-state index is 0.184. The van der Waals surface area contributed by atoms with Crippen LogP contribution < -0.4 is 0 Å². The largest absolute Gasteiger partial charge is 0.452 e. The highest BCUT2D eigenvalue weighted by atomic mass is 16.9. The topological polar surface area (TPSA) is 40.0 Å². The van der Waals surface area contributed by atoms with Gasteiger partial charge in [0, 0.05) is 12.3 Å². The molecule has 0 bridgehead atoms. The summed E-state index contributed by atoms with van der Waals surface area (Å²) in [6.07, 6.45) is 3.87. The summed E-state index contributed by atoms with van der Waals surface area (Å²) in [7, 11) is 3.61. The van der Waals surface area contributed by atoms with Crippen molar-refractivity contribution in [2.45, 2.75) is 52.6 Å². The molecule has 5 nitrogen and oxygen atoms in total. The molecule has 1 heterocycles. The summed E-state index contributed by atoms with van der Waals surface area (Å²) in [6, 6.07) is 0. The van der Waals surface area contributed by atoms with E-state index in [0.717, 1.165) is 13.1 Å². The van der Waals surface area contributed by atoms with Crippen LogP contribution in [0.15, 0.2) is 5.16 Å². The summed E-state index contributed by atoms with van der Waals surface area (Å²) >= 11 is 0. The van der Waals surface area contributed by atoms with Crippen molar-refractivity contribution < 1.29 is 19.1 Å². The summed E-state index contributed by atoms with van der Waals surface area (Å²) in [6.45, 7) is 10.1. The summed E-state index contributed by atoms with van der Waals surface area (Å²) in [5.41, 5.74) is -0.344. The number of nitrogens with zero attached hydrogens (tertiary/aromatic N) is 2. The Kier molecular flexibility index (Phi) is 5.47. The zero-order valence-electron chi connectivity index (χ0n) is 13.2. The van der Waals surface area contributed by atoms with E-state index in [1.165, 1.54) is 19.3 Å². The van der Waals surface area contributed by atoms with Crippen molar-refractivity contribution in [3.05, 3.63) is 0 Å². The standard InChI is InChI=1S/C14H29N2O3/c1-12-9-7-8-10-16(5,11-12)19-15-13(17-6)18-14(2,3)4/h12H,7-11H2,1-6H3/q+1. The summed E-state index contributed by atoms with van der Waals surface area (Å²) in [5.74, 6) is 0.650. The van der Waals surface area contributed by atoms with E-state index in [2.05, 4.69) is 19.1 Å². The zero-order valence-corrected chi connectivity index (χ0v) is 13.2. The lowest BCUT2D eigenvalue weighted by atomic mass is 10.1. The smallest absolute Gasteiger partial charge is 0.428 e. The van der Waals surface area contributed by atoms with E-state index < -0.39 is 0 Å². The van der Waals surface area contributed by atoms with Crippen LogP contribution in [0.5, 0.6) is 0 Å². The fourth-order valence-corrected chi connectivity index (χ4v) is 2.35. The molecule has 19 heavy (non-hydrogen) atoms.